The standard InChI is InChI=1S/C13H10O2.C3H7N/c14-10-11-5-4-8-13(9-11)15-12-6-2-1-3-7-12;1-2-3-4/h1-10H;2H,1,3-4H2. The smallest absolute Gasteiger partial charge is 0.150 e. The van der Waals surface area contributed by atoms with E-state index in [0.29, 0.717) is 17.9 Å². The number of rotatable bonds is 4. The van der Waals surface area contributed by atoms with Crippen molar-refractivity contribution in [1.82, 2.24) is 0 Å². The molecule has 19 heavy (non-hydrogen) atoms. The molecule has 2 N–H and O–H groups in total. The number of ether oxygens (including phenoxy) is 1. The van der Waals surface area contributed by atoms with Crippen LogP contribution in [0.4, 0.5) is 0 Å². The molecular formula is C16H17NO2. The van der Waals surface area contributed by atoms with E-state index in [4.69, 9.17) is 10.5 Å². The van der Waals surface area contributed by atoms with Crippen LogP contribution in [0, 0.1) is 0 Å². The van der Waals surface area contributed by atoms with Crippen molar-refractivity contribution >= 4 is 6.29 Å². The SMILES string of the molecule is C=CCN.O=Cc1cccc(Oc2ccccc2)c1. The maximum Gasteiger partial charge on any atom is 0.150 e. The van der Waals surface area contributed by atoms with Crippen LogP contribution >= 0.6 is 0 Å². The molecule has 0 aromatic heterocycles. The Morgan fingerprint density at radius 3 is 2.26 bits per heavy atom. The third kappa shape index (κ3) is 5.66. The molecular weight excluding hydrogens is 238 g/mol. The van der Waals surface area contributed by atoms with Gasteiger partial charge in [0.1, 0.15) is 17.8 Å². The molecule has 0 saturated heterocycles. The molecule has 0 bridgehead atoms. The minimum Gasteiger partial charge on any atom is -0.457 e. The van der Waals surface area contributed by atoms with E-state index in [-0.39, 0.29) is 0 Å². The maximum absolute atomic E-state index is 10.6. The van der Waals surface area contributed by atoms with Gasteiger partial charge in [0, 0.05) is 12.1 Å². The summed E-state index contributed by atoms with van der Waals surface area (Å²) in [6.07, 6.45) is 2.46. The van der Waals surface area contributed by atoms with Gasteiger partial charge in [0.25, 0.3) is 0 Å². The Morgan fingerprint density at radius 2 is 1.68 bits per heavy atom. The predicted molar refractivity (Wildman–Crippen MR) is 77.6 cm³/mol. The van der Waals surface area contributed by atoms with Crippen molar-refractivity contribution in [2.75, 3.05) is 6.54 Å². The Labute approximate surface area is 113 Å². The first-order chi connectivity index (χ1) is 9.30. The van der Waals surface area contributed by atoms with Crippen LogP contribution in [0.2, 0.25) is 0 Å². The molecule has 0 amide bonds. The Morgan fingerprint density at radius 1 is 1.05 bits per heavy atom. The van der Waals surface area contributed by atoms with E-state index in [1.165, 1.54) is 0 Å². The largest absolute Gasteiger partial charge is 0.457 e. The van der Waals surface area contributed by atoms with E-state index in [1.807, 2.05) is 36.4 Å². The van der Waals surface area contributed by atoms with Crippen molar-refractivity contribution in [2.24, 2.45) is 5.73 Å². The Balaban J connectivity index is 0.000000399. The summed E-state index contributed by atoms with van der Waals surface area (Å²) in [5.74, 6) is 1.44. The summed E-state index contributed by atoms with van der Waals surface area (Å²) >= 11 is 0. The number of aldehydes is 1. The van der Waals surface area contributed by atoms with Crippen LogP contribution in [0.1, 0.15) is 10.4 Å². The molecule has 0 atom stereocenters. The van der Waals surface area contributed by atoms with Gasteiger partial charge in [-0.25, -0.2) is 0 Å². The van der Waals surface area contributed by atoms with E-state index in [1.54, 1.807) is 24.3 Å². The zero-order valence-electron chi connectivity index (χ0n) is 10.7. The normalized spacial score (nSPS) is 8.89. The molecule has 0 aliphatic rings. The fraction of sp³-hybridized carbons (Fsp3) is 0.0625. The minimum absolute atomic E-state index is 0.583. The second-order valence-corrected chi connectivity index (χ2v) is 3.63. The van der Waals surface area contributed by atoms with Gasteiger partial charge in [-0.15, -0.1) is 6.58 Å². The van der Waals surface area contributed by atoms with Gasteiger partial charge in [0.2, 0.25) is 0 Å². The zero-order valence-corrected chi connectivity index (χ0v) is 10.7. The van der Waals surface area contributed by atoms with E-state index in [2.05, 4.69) is 6.58 Å². The first-order valence-corrected chi connectivity index (χ1v) is 5.89. The second kappa shape index (κ2) is 8.66. The van der Waals surface area contributed by atoms with Crippen LogP contribution < -0.4 is 10.5 Å². The molecule has 3 heteroatoms. The summed E-state index contributed by atoms with van der Waals surface area (Å²) in [6.45, 7) is 3.94. The lowest BCUT2D eigenvalue weighted by molar-refractivity contribution is 0.112. The number of para-hydroxylation sites is 1. The van der Waals surface area contributed by atoms with Gasteiger partial charge < -0.3 is 10.5 Å². The first kappa shape index (κ1) is 14.7. The molecule has 0 saturated carbocycles. The molecule has 0 aliphatic carbocycles. The first-order valence-electron chi connectivity index (χ1n) is 5.89. The third-order valence-corrected chi connectivity index (χ3v) is 2.14. The van der Waals surface area contributed by atoms with E-state index >= 15 is 0 Å². The average Bonchev–Trinajstić information content (AvgIpc) is 2.49. The van der Waals surface area contributed by atoms with E-state index in [0.717, 1.165) is 12.0 Å². The predicted octanol–water partition coefficient (Wildman–Crippen LogP) is 3.42. The molecule has 0 unspecified atom stereocenters. The lowest BCUT2D eigenvalue weighted by atomic mass is 10.2. The van der Waals surface area contributed by atoms with Gasteiger partial charge in [0.15, 0.2) is 0 Å². The summed E-state index contributed by atoms with van der Waals surface area (Å²) in [7, 11) is 0. The number of carbonyl (C=O) groups excluding carboxylic acids is 1. The van der Waals surface area contributed by atoms with Crippen molar-refractivity contribution in [2.45, 2.75) is 0 Å². The van der Waals surface area contributed by atoms with E-state index < -0.39 is 0 Å². The topological polar surface area (TPSA) is 52.3 Å². The molecule has 0 heterocycles. The Kier molecular flexibility index (Phi) is 6.69. The Bertz CT molecular complexity index is 509. The van der Waals surface area contributed by atoms with Gasteiger partial charge >= 0.3 is 0 Å². The number of carbonyl (C=O) groups is 1. The zero-order chi connectivity index (χ0) is 13.9. The summed E-state index contributed by atoms with van der Waals surface area (Å²) in [5.41, 5.74) is 5.52. The van der Waals surface area contributed by atoms with Gasteiger partial charge in [-0.2, -0.15) is 0 Å². The number of benzene rings is 2. The second-order valence-electron chi connectivity index (χ2n) is 3.63. The van der Waals surface area contributed by atoms with Crippen LogP contribution in [0.5, 0.6) is 11.5 Å². The van der Waals surface area contributed by atoms with Crippen molar-refractivity contribution in [3.63, 3.8) is 0 Å². The highest BCUT2D eigenvalue weighted by Crippen LogP contribution is 2.20. The highest BCUT2D eigenvalue weighted by molar-refractivity contribution is 5.75. The summed E-state index contributed by atoms with van der Waals surface area (Å²) in [6, 6.07) is 16.5. The van der Waals surface area contributed by atoms with Gasteiger partial charge in [-0.05, 0) is 24.3 Å². The van der Waals surface area contributed by atoms with Crippen molar-refractivity contribution in [3.8, 4) is 11.5 Å². The minimum atomic E-state index is 0.583. The lowest BCUT2D eigenvalue weighted by Gasteiger charge is -2.04. The van der Waals surface area contributed by atoms with Crippen molar-refractivity contribution in [3.05, 3.63) is 72.8 Å². The van der Waals surface area contributed by atoms with Crippen LogP contribution in [0.3, 0.4) is 0 Å². The van der Waals surface area contributed by atoms with Crippen LogP contribution in [0.15, 0.2) is 67.3 Å². The molecule has 3 nitrogen and oxygen atoms in total. The summed E-state index contributed by atoms with van der Waals surface area (Å²) in [5, 5.41) is 0. The van der Waals surface area contributed by atoms with Gasteiger partial charge in [-0.1, -0.05) is 36.4 Å². The molecule has 0 radical (unpaired) electrons. The average molecular weight is 255 g/mol. The molecule has 2 aromatic rings. The quantitative estimate of drug-likeness (QED) is 0.672. The lowest BCUT2D eigenvalue weighted by Crippen LogP contribution is -1.90. The summed E-state index contributed by atoms with van der Waals surface area (Å²) < 4.78 is 5.56. The monoisotopic (exact) mass is 255 g/mol. The van der Waals surface area contributed by atoms with E-state index in [9.17, 15) is 4.79 Å². The number of hydrogen-bond donors (Lipinski definition) is 1. The number of hydrogen-bond acceptors (Lipinski definition) is 3. The highest BCUT2D eigenvalue weighted by Gasteiger charge is 1.97. The molecule has 2 aromatic carbocycles. The highest BCUT2D eigenvalue weighted by atomic mass is 16.5. The van der Waals surface area contributed by atoms with Crippen LogP contribution in [0.25, 0.3) is 0 Å². The van der Waals surface area contributed by atoms with Crippen LogP contribution in [-0.4, -0.2) is 12.8 Å². The molecule has 0 spiro atoms. The molecule has 0 aliphatic heterocycles. The van der Waals surface area contributed by atoms with Crippen molar-refractivity contribution < 1.29 is 9.53 Å². The molecule has 2 rings (SSSR count). The summed E-state index contributed by atoms with van der Waals surface area (Å²) in [4.78, 5) is 10.6. The van der Waals surface area contributed by atoms with Gasteiger partial charge in [0.05, 0.1) is 0 Å². The fourth-order valence-corrected chi connectivity index (χ4v) is 1.28. The fourth-order valence-electron chi connectivity index (χ4n) is 1.28. The Hall–Kier alpha value is -2.39. The third-order valence-electron chi connectivity index (χ3n) is 2.14. The molecule has 0 fully saturated rings. The van der Waals surface area contributed by atoms with Gasteiger partial charge in [-0.3, -0.25) is 4.79 Å². The number of nitrogens with two attached hydrogens (primary N) is 1. The van der Waals surface area contributed by atoms with Crippen LogP contribution in [-0.2, 0) is 0 Å². The molecule has 98 valence electrons. The van der Waals surface area contributed by atoms with Crippen molar-refractivity contribution in [1.29, 1.82) is 0 Å². The maximum atomic E-state index is 10.6.